The van der Waals surface area contributed by atoms with Crippen molar-refractivity contribution in [1.82, 2.24) is 4.98 Å². The molecular weight excluding hydrogens is 190 g/mol. The van der Waals surface area contributed by atoms with Crippen molar-refractivity contribution in [3.8, 4) is 0 Å². The largest absolute Gasteiger partial charge is 0.371 e. The normalized spacial score (nSPS) is 12.4. The number of carbonyl (C=O) groups is 1. The highest BCUT2D eigenvalue weighted by molar-refractivity contribution is 5.79. The van der Waals surface area contributed by atoms with Gasteiger partial charge in [0, 0.05) is 19.0 Å². The summed E-state index contributed by atoms with van der Waals surface area (Å²) in [7, 11) is 0. The van der Waals surface area contributed by atoms with Gasteiger partial charge in [0.1, 0.15) is 6.10 Å². The lowest BCUT2D eigenvalue weighted by Crippen LogP contribution is -2.18. The molecule has 0 fully saturated rings. The van der Waals surface area contributed by atoms with E-state index in [1.54, 1.807) is 26.2 Å². The highest BCUT2D eigenvalue weighted by Gasteiger charge is 2.06. The highest BCUT2D eigenvalue weighted by Crippen LogP contribution is 2.02. The molecule has 3 nitrogen and oxygen atoms in total. The van der Waals surface area contributed by atoms with Gasteiger partial charge >= 0.3 is 0 Å². The lowest BCUT2D eigenvalue weighted by atomic mass is 10.1. The van der Waals surface area contributed by atoms with Crippen molar-refractivity contribution in [2.75, 3.05) is 6.61 Å². The molecule has 0 saturated carbocycles. The molecule has 0 saturated heterocycles. The van der Waals surface area contributed by atoms with E-state index in [1.807, 2.05) is 12.1 Å². The zero-order valence-electron chi connectivity index (χ0n) is 9.27. The van der Waals surface area contributed by atoms with Gasteiger partial charge in [-0.25, -0.2) is 0 Å². The predicted molar refractivity (Wildman–Crippen MR) is 58.7 cm³/mol. The monoisotopic (exact) mass is 207 g/mol. The second kappa shape index (κ2) is 6.30. The Balaban J connectivity index is 2.15. The minimum Gasteiger partial charge on any atom is -0.371 e. The highest BCUT2D eigenvalue weighted by atomic mass is 16.5. The summed E-state index contributed by atoms with van der Waals surface area (Å²) in [5.41, 5.74) is 1.25. The van der Waals surface area contributed by atoms with Gasteiger partial charge in [-0.05, 0) is 44.4 Å². The summed E-state index contributed by atoms with van der Waals surface area (Å²) in [5, 5.41) is 0. The number of aromatic nitrogens is 1. The average Bonchev–Trinajstić information content (AvgIpc) is 2.25. The van der Waals surface area contributed by atoms with E-state index in [0.717, 1.165) is 12.8 Å². The fourth-order valence-corrected chi connectivity index (χ4v) is 1.20. The van der Waals surface area contributed by atoms with Crippen LogP contribution in [0.2, 0.25) is 0 Å². The third kappa shape index (κ3) is 4.70. The standard InChI is InChI=1S/C12H17NO2/c1-10(14)11(2)15-9-3-4-12-5-7-13-8-6-12/h5-8,11H,3-4,9H2,1-2H3. The number of pyridine rings is 1. The van der Waals surface area contributed by atoms with E-state index in [9.17, 15) is 4.79 Å². The van der Waals surface area contributed by atoms with Crippen LogP contribution in [0.5, 0.6) is 0 Å². The summed E-state index contributed by atoms with van der Waals surface area (Å²) in [6.45, 7) is 3.96. The van der Waals surface area contributed by atoms with E-state index in [4.69, 9.17) is 4.74 Å². The molecule has 1 rings (SSSR count). The first-order valence-electron chi connectivity index (χ1n) is 5.21. The number of ether oxygens (including phenoxy) is 1. The molecule has 3 heteroatoms. The van der Waals surface area contributed by atoms with Crippen LogP contribution in [0.1, 0.15) is 25.8 Å². The molecule has 0 aliphatic heterocycles. The zero-order chi connectivity index (χ0) is 11.1. The number of aryl methyl sites for hydroxylation is 1. The average molecular weight is 207 g/mol. The molecule has 0 bridgehead atoms. The Kier molecular flexibility index (Phi) is 4.98. The third-order valence-corrected chi connectivity index (χ3v) is 2.30. The van der Waals surface area contributed by atoms with Crippen molar-refractivity contribution in [2.24, 2.45) is 0 Å². The second-order valence-corrected chi connectivity index (χ2v) is 3.58. The quantitative estimate of drug-likeness (QED) is 0.670. The Morgan fingerprint density at radius 2 is 2.13 bits per heavy atom. The Morgan fingerprint density at radius 3 is 2.73 bits per heavy atom. The van der Waals surface area contributed by atoms with Gasteiger partial charge in [0.05, 0.1) is 0 Å². The van der Waals surface area contributed by atoms with Crippen molar-refractivity contribution < 1.29 is 9.53 Å². The number of nitrogens with zero attached hydrogens (tertiary/aromatic N) is 1. The summed E-state index contributed by atoms with van der Waals surface area (Å²) in [6, 6.07) is 3.99. The fourth-order valence-electron chi connectivity index (χ4n) is 1.20. The topological polar surface area (TPSA) is 39.2 Å². The Bertz CT molecular complexity index is 298. The Labute approximate surface area is 90.5 Å². The van der Waals surface area contributed by atoms with Gasteiger partial charge in [0.25, 0.3) is 0 Å². The smallest absolute Gasteiger partial charge is 0.158 e. The summed E-state index contributed by atoms with van der Waals surface area (Å²) in [4.78, 5) is 14.8. The first-order chi connectivity index (χ1) is 7.20. The molecule has 1 aromatic heterocycles. The molecule has 1 heterocycles. The van der Waals surface area contributed by atoms with Gasteiger partial charge in [-0.3, -0.25) is 9.78 Å². The van der Waals surface area contributed by atoms with Crippen molar-refractivity contribution >= 4 is 5.78 Å². The van der Waals surface area contributed by atoms with Crippen LogP contribution in [0.4, 0.5) is 0 Å². The predicted octanol–water partition coefficient (Wildman–Crippen LogP) is 2.01. The third-order valence-electron chi connectivity index (χ3n) is 2.30. The molecule has 0 amide bonds. The van der Waals surface area contributed by atoms with E-state index in [2.05, 4.69) is 4.98 Å². The second-order valence-electron chi connectivity index (χ2n) is 3.58. The fraction of sp³-hybridized carbons (Fsp3) is 0.500. The van der Waals surface area contributed by atoms with E-state index >= 15 is 0 Å². The van der Waals surface area contributed by atoms with Crippen LogP contribution in [-0.4, -0.2) is 23.5 Å². The van der Waals surface area contributed by atoms with Crippen LogP contribution in [0.3, 0.4) is 0 Å². The maximum absolute atomic E-state index is 10.9. The van der Waals surface area contributed by atoms with Crippen LogP contribution >= 0.6 is 0 Å². The molecule has 0 aliphatic carbocycles. The van der Waals surface area contributed by atoms with Crippen molar-refractivity contribution in [2.45, 2.75) is 32.8 Å². The molecule has 0 aromatic carbocycles. The van der Waals surface area contributed by atoms with E-state index in [1.165, 1.54) is 5.56 Å². The molecular formula is C12H17NO2. The summed E-state index contributed by atoms with van der Waals surface area (Å²) in [5.74, 6) is 0.0823. The molecule has 0 radical (unpaired) electrons. The summed E-state index contributed by atoms with van der Waals surface area (Å²) < 4.78 is 5.36. The number of ketones is 1. The number of carbonyl (C=O) groups excluding carboxylic acids is 1. The van der Waals surface area contributed by atoms with E-state index in [0.29, 0.717) is 6.61 Å². The molecule has 0 N–H and O–H groups in total. The minimum atomic E-state index is -0.276. The van der Waals surface area contributed by atoms with Crippen LogP contribution in [0, 0.1) is 0 Å². The minimum absolute atomic E-state index is 0.0823. The maximum Gasteiger partial charge on any atom is 0.158 e. The van der Waals surface area contributed by atoms with Crippen LogP contribution < -0.4 is 0 Å². The molecule has 1 unspecified atom stereocenters. The van der Waals surface area contributed by atoms with Crippen molar-refractivity contribution in [1.29, 1.82) is 0 Å². The molecule has 1 atom stereocenters. The van der Waals surface area contributed by atoms with Gasteiger partial charge < -0.3 is 4.74 Å². The van der Waals surface area contributed by atoms with Crippen molar-refractivity contribution in [3.63, 3.8) is 0 Å². The van der Waals surface area contributed by atoms with Gasteiger partial charge in [-0.1, -0.05) is 0 Å². The van der Waals surface area contributed by atoms with Crippen LogP contribution in [-0.2, 0) is 16.0 Å². The van der Waals surface area contributed by atoms with Gasteiger partial charge in [-0.15, -0.1) is 0 Å². The lowest BCUT2D eigenvalue weighted by molar-refractivity contribution is -0.127. The lowest BCUT2D eigenvalue weighted by Gasteiger charge is -2.09. The first-order valence-corrected chi connectivity index (χ1v) is 5.21. The SMILES string of the molecule is CC(=O)C(C)OCCCc1ccncc1. The summed E-state index contributed by atoms with van der Waals surface area (Å²) >= 11 is 0. The Hall–Kier alpha value is -1.22. The van der Waals surface area contributed by atoms with Gasteiger partial charge in [0.2, 0.25) is 0 Å². The molecule has 15 heavy (non-hydrogen) atoms. The first kappa shape index (κ1) is 11.9. The number of hydrogen-bond acceptors (Lipinski definition) is 3. The van der Waals surface area contributed by atoms with E-state index in [-0.39, 0.29) is 11.9 Å². The number of Topliss-reactive ketones (excluding diaryl/α,β-unsaturated/α-hetero) is 1. The molecule has 0 spiro atoms. The van der Waals surface area contributed by atoms with Crippen molar-refractivity contribution in [3.05, 3.63) is 30.1 Å². The maximum atomic E-state index is 10.9. The summed E-state index contributed by atoms with van der Waals surface area (Å²) in [6.07, 6.45) is 5.19. The van der Waals surface area contributed by atoms with Gasteiger partial charge in [-0.2, -0.15) is 0 Å². The van der Waals surface area contributed by atoms with Crippen LogP contribution in [0.25, 0.3) is 0 Å². The Morgan fingerprint density at radius 1 is 1.47 bits per heavy atom. The zero-order valence-corrected chi connectivity index (χ0v) is 9.27. The number of rotatable bonds is 6. The number of hydrogen-bond donors (Lipinski definition) is 0. The molecule has 1 aromatic rings. The van der Waals surface area contributed by atoms with Gasteiger partial charge in [0.15, 0.2) is 5.78 Å². The molecule has 82 valence electrons. The molecule has 0 aliphatic rings. The van der Waals surface area contributed by atoms with Crippen LogP contribution in [0.15, 0.2) is 24.5 Å². The van der Waals surface area contributed by atoms with E-state index < -0.39 is 0 Å².